The van der Waals surface area contributed by atoms with E-state index in [0.29, 0.717) is 5.92 Å². The summed E-state index contributed by atoms with van der Waals surface area (Å²) in [5.74, 6) is 0.695. The van der Waals surface area contributed by atoms with Gasteiger partial charge in [0, 0.05) is 31.9 Å². The predicted molar refractivity (Wildman–Crippen MR) is 90.3 cm³/mol. The molecule has 124 valence electrons. The Morgan fingerprint density at radius 2 is 1.91 bits per heavy atom. The van der Waals surface area contributed by atoms with Gasteiger partial charge < -0.3 is 15.5 Å². The Morgan fingerprint density at radius 1 is 1.26 bits per heavy atom. The summed E-state index contributed by atoms with van der Waals surface area (Å²) in [5.41, 5.74) is 1.33. The van der Waals surface area contributed by atoms with E-state index >= 15 is 0 Å². The normalized spacial score (nSPS) is 23.9. The number of benzene rings is 1. The van der Waals surface area contributed by atoms with Crippen molar-refractivity contribution < 1.29 is 9.59 Å². The Hall–Kier alpha value is -2.04. The SMILES string of the molecule is CNc1ccccc1C(=O)N1CCC(C2NC(=O)C2(C)C)CC1. The number of anilines is 1. The molecule has 1 atom stereocenters. The summed E-state index contributed by atoms with van der Waals surface area (Å²) in [7, 11) is 1.83. The highest BCUT2D eigenvalue weighted by molar-refractivity contribution is 5.99. The number of amides is 2. The van der Waals surface area contributed by atoms with E-state index in [0.717, 1.165) is 37.2 Å². The molecule has 3 rings (SSSR count). The number of hydrogen-bond donors (Lipinski definition) is 2. The van der Waals surface area contributed by atoms with Crippen molar-refractivity contribution >= 4 is 17.5 Å². The molecule has 2 amide bonds. The van der Waals surface area contributed by atoms with E-state index in [-0.39, 0.29) is 23.3 Å². The molecule has 2 fully saturated rings. The highest BCUT2D eigenvalue weighted by Crippen LogP contribution is 2.38. The first-order chi connectivity index (χ1) is 10.9. The van der Waals surface area contributed by atoms with Crippen LogP contribution >= 0.6 is 0 Å². The van der Waals surface area contributed by atoms with Crippen molar-refractivity contribution in [2.24, 2.45) is 11.3 Å². The monoisotopic (exact) mass is 315 g/mol. The van der Waals surface area contributed by atoms with E-state index in [1.165, 1.54) is 0 Å². The molecule has 0 radical (unpaired) electrons. The first kappa shape index (κ1) is 15.8. The zero-order chi connectivity index (χ0) is 16.6. The van der Waals surface area contributed by atoms with Crippen LogP contribution in [-0.4, -0.2) is 42.9 Å². The summed E-state index contributed by atoms with van der Waals surface area (Å²) in [6.45, 7) is 5.53. The maximum absolute atomic E-state index is 12.7. The molecule has 23 heavy (non-hydrogen) atoms. The predicted octanol–water partition coefficient (Wildman–Crippen LogP) is 2.11. The molecule has 0 aromatic heterocycles. The summed E-state index contributed by atoms with van der Waals surface area (Å²) in [6.07, 6.45) is 1.89. The highest BCUT2D eigenvalue weighted by atomic mass is 16.2. The molecule has 1 aromatic rings. The second-order valence-electron chi connectivity index (χ2n) is 7.10. The number of hydrogen-bond acceptors (Lipinski definition) is 3. The van der Waals surface area contributed by atoms with Gasteiger partial charge in [-0.25, -0.2) is 0 Å². The van der Waals surface area contributed by atoms with Gasteiger partial charge >= 0.3 is 0 Å². The van der Waals surface area contributed by atoms with Crippen LogP contribution in [-0.2, 0) is 4.79 Å². The fourth-order valence-electron chi connectivity index (χ4n) is 3.77. The minimum absolute atomic E-state index is 0.0882. The molecule has 1 aromatic carbocycles. The minimum atomic E-state index is -0.268. The quantitative estimate of drug-likeness (QED) is 0.840. The van der Waals surface area contributed by atoms with E-state index in [2.05, 4.69) is 10.6 Å². The third-order valence-electron chi connectivity index (χ3n) is 5.37. The average Bonchev–Trinajstić information content (AvgIpc) is 2.59. The topological polar surface area (TPSA) is 61.4 Å². The molecule has 0 bridgehead atoms. The van der Waals surface area contributed by atoms with Gasteiger partial charge in [-0.2, -0.15) is 0 Å². The summed E-state index contributed by atoms with van der Waals surface area (Å²) < 4.78 is 0. The fourth-order valence-corrected chi connectivity index (χ4v) is 3.77. The highest BCUT2D eigenvalue weighted by Gasteiger charge is 2.51. The number of nitrogens with one attached hydrogen (secondary N) is 2. The van der Waals surface area contributed by atoms with E-state index in [4.69, 9.17) is 0 Å². The third-order valence-corrected chi connectivity index (χ3v) is 5.37. The summed E-state index contributed by atoms with van der Waals surface area (Å²) in [4.78, 5) is 26.3. The van der Waals surface area contributed by atoms with Crippen LogP contribution in [0.5, 0.6) is 0 Å². The zero-order valence-corrected chi connectivity index (χ0v) is 14.1. The van der Waals surface area contributed by atoms with Crippen molar-refractivity contribution in [3.05, 3.63) is 29.8 Å². The number of β-lactam (4-membered cyclic amide) rings is 1. The fraction of sp³-hybridized carbons (Fsp3) is 0.556. The molecule has 5 nitrogen and oxygen atoms in total. The molecule has 2 aliphatic heterocycles. The van der Waals surface area contributed by atoms with Crippen molar-refractivity contribution in [2.75, 3.05) is 25.5 Å². The molecule has 5 heteroatoms. The number of carbonyl (C=O) groups excluding carboxylic acids is 2. The lowest BCUT2D eigenvalue weighted by Gasteiger charge is -2.50. The van der Waals surface area contributed by atoms with E-state index in [9.17, 15) is 9.59 Å². The number of piperidine rings is 1. The van der Waals surface area contributed by atoms with Crippen molar-refractivity contribution in [3.63, 3.8) is 0 Å². The van der Waals surface area contributed by atoms with Gasteiger partial charge in [-0.05, 0) is 44.7 Å². The van der Waals surface area contributed by atoms with Crippen molar-refractivity contribution in [1.82, 2.24) is 10.2 Å². The summed E-state index contributed by atoms with van der Waals surface area (Å²) in [6, 6.07) is 7.86. The van der Waals surface area contributed by atoms with E-state index in [1.54, 1.807) is 0 Å². The van der Waals surface area contributed by atoms with Crippen LogP contribution in [0.2, 0.25) is 0 Å². The van der Waals surface area contributed by atoms with Crippen molar-refractivity contribution in [1.29, 1.82) is 0 Å². The molecular weight excluding hydrogens is 290 g/mol. The molecule has 1 unspecified atom stereocenters. The number of para-hydroxylation sites is 1. The van der Waals surface area contributed by atoms with Gasteiger partial charge in [-0.1, -0.05) is 12.1 Å². The van der Waals surface area contributed by atoms with Crippen LogP contribution in [0.15, 0.2) is 24.3 Å². The number of likely N-dealkylation sites (tertiary alicyclic amines) is 1. The first-order valence-corrected chi connectivity index (χ1v) is 8.32. The molecule has 2 heterocycles. The zero-order valence-electron chi connectivity index (χ0n) is 14.1. The average molecular weight is 315 g/mol. The molecule has 0 spiro atoms. The van der Waals surface area contributed by atoms with Gasteiger partial charge in [0.05, 0.1) is 11.0 Å². The molecule has 0 aliphatic carbocycles. The van der Waals surface area contributed by atoms with Crippen LogP contribution in [0.4, 0.5) is 5.69 Å². The van der Waals surface area contributed by atoms with Gasteiger partial charge in [0.2, 0.25) is 5.91 Å². The van der Waals surface area contributed by atoms with Gasteiger partial charge in [0.1, 0.15) is 0 Å². The van der Waals surface area contributed by atoms with Crippen LogP contribution in [0.3, 0.4) is 0 Å². The van der Waals surface area contributed by atoms with Crippen LogP contribution < -0.4 is 10.6 Å². The van der Waals surface area contributed by atoms with Gasteiger partial charge in [-0.15, -0.1) is 0 Å². The Labute approximate surface area is 137 Å². The second kappa shape index (κ2) is 5.87. The van der Waals surface area contributed by atoms with Crippen LogP contribution in [0.1, 0.15) is 37.0 Å². The lowest BCUT2D eigenvalue weighted by molar-refractivity contribution is -0.146. The number of nitrogens with zero attached hydrogens (tertiary/aromatic N) is 1. The van der Waals surface area contributed by atoms with Crippen LogP contribution in [0, 0.1) is 11.3 Å². The maximum Gasteiger partial charge on any atom is 0.255 e. The Bertz CT molecular complexity index is 618. The largest absolute Gasteiger partial charge is 0.387 e. The summed E-state index contributed by atoms with van der Waals surface area (Å²) in [5, 5.41) is 6.13. The number of carbonyl (C=O) groups is 2. The lowest BCUT2D eigenvalue weighted by Crippen LogP contribution is -2.68. The van der Waals surface area contributed by atoms with Gasteiger partial charge in [-0.3, -0.25) is 9.59 Å². The molecule has 2 saturated heterocycles. The minimum Gasteiger partial charge on any atom is -0.387 e. The standard InChI is InChI=1S/C18H25N3O2/c1-18(2)15(20-17(18)23)12-8-10-21(11-9-12)16(22)13-6-4-5-7-14(13)19-3/h4-7,12,15,19H,8-11H2,1-3H3,(H,20,23). The molecule has 2 N–H and O–H groups in total. The second-order valence-corrected chi connectivity index (χ2v) is 7.10. The Morgan fingerprint density at radius 3 is 2.48 bits per heavy atom. The van der Waals surface area contributed by atoms with Crippen LogP contribution in [0.25, 0.3) is 0 Å². The van der Waals surface area contributed by atoms with E-state index < -0.39 is 0 Å². The number of rotatable bonds is 3. The smallest absolute Gasteiger partial charge is 0.255 e. The Kier molecular flexibility index (Phi) is 4.04. The van der Waals surface area contributed by atoms with Gasteiger partial charge in [0.25, 0.3) is 5.91 Å². The molecular formula is C18H25N3O2. The molecule has 0 saturated carbocycles. The first-order valence-electron chi connectivity index (χ1n) is 8.32. The maximum atomic E-state index is 12.7. The van der Waals surface area contributed by atoms with Crippen molar-refractivity contribution in [2.45, 2.75) is 32.7 Å². The van der Waals surface area contributed by atoms with Crippen molar-refractivity contribution in [3.8, 4) is 0 Å². The molecule has 2 aliphatic rings. The van der Waals surface area contributed by atoms with E-state index in [1.807, 2.05) is 50.1 Å². The third kappa shape index (κ3) is 2.69. The summed E-state index contributed by atoms with van der Waals surface area (Å²) >= 11 is 0. The Balaban J connectivity index is 1.63. The lowest BCUT2D eigenvalue weighted by atomic mass is 9.68. The van der Waals surface area contributed by atoms with Gasteiger partial charge in [0.15, 0.2) is 0 Å².